The van der Waals surface area contributed by atoms with Crippen LogP contribution in [-0.4, -0.2) is 25.4 Å². The van der Waals surface area contributed by atoms with Crippen molar-refractivity contribution in [3.63, 3.8) is 0 Å². The molecule has 116 valence electrons. The predicted molar refractivity (Wildman–Crippen MR) is 84.1 cm³/mol. The molecule has 0 saturated heterocycles. The van der Waals surface area contributed by atoms with Gasteiger partial charge < -0.3 is 15.1 Å². The van der Waals surface area contributed by atoms with Gasteiger partial charge in [-0.05, 0) is 12.5 Å². The summed E-state index contributed by atoms with van der Waals surface area (Å²) in [6, 6.07) is 11.2. The van der Waals surface area contributed by atoms with E-state index in [0.29, 0.717) is 17.9 Å². The minimum atomic E-state index is -0.350. The Balaban J connectivity index is 2.45. The van der Waals surface area contributed by atoms with E-state index in [-0.39, 0.29) is 23.5 Å². The van der Waals surface area contributed by atoms with Crippen LogP contribution in [0, 0.1) is 0 Å². The van der Waals surface area contributed by atoms with E-state index in [0.717, 1.165) is 5.56 Å². The fraction of sp³-hybridized carbons (Fsp3) is 0.294. The zero-order chi connectivity index (χ0) is 16.1. The first-order valence-corrected chi connectivity index (χ1v) is 7.27. The highest BCUT2D eigenvalue weighted by Gasteiger charge is 2.25. The highest BCUT2D eigenvalue weighted by molar-refractivity contribution is 5.99. The van der Waals surface area contributed by atoms with Crippen LogP contribution in [-0.2, 0) is 0 Å². The molecule has 1 aromatic heterocycles. The summed E-state index contributed by atoms with van der Waals surface area (Å²) in [6.45, 7) is 4.31. The van der Waals surface area contributed by atoms with Gasteiger partial charge in [0, 0.05) is 25.6 Å². The summed E-state index contributed by atoms with van der Waals surface area (Å²) in [5, 5.41) is 5.26. The second-order valence-electron chi connectivity index (χ2n) is 4.96. The first-order chi connectivity index (χ1) is 10.6. The molecule has 0 fully saturated rings. The third kappa shape index (κ3) is 3.19. The Kier molecular flexibility index (Phi) is 4.99. The molecule has 0 aliphatic heterocycles. The smallest absolute Gasteiger partial charge is 0.286 e. The van der Waals surface area contributed by atoms with Crippen LogP contribution in [0.1, 0.15) is 52.0 Å². The Morgan fingerprint density at radius 2 is 1.86 bits per heavy atom. The van der Waals surface area contributed by atoms with Gasteiger partial charge in [0.05, 0.1) is 5.56 Å². The summed E-state index contributed by atoms with van der Waals surface area (Å²) in [7, 11) is 1.52. The van der Waals surface area contributed by atoms with Gasteiger partial charge in [0.15, 0.2) is 5.76 Å². The molecule has 5 nitrogen and oxygen atoms in total. The van der Waals surface area contributed by atoms with Crippen molar-refractivity contribution >= 4 is 11.8 Å². The number of hydrogen-bond acceptors (Lipinski definition) is 3. The molecule has 1 atom stereocenters. The minimum Gasteiger partial charge on any atom is -0.454 e. The van der Waals surface area contributed by atoms with Crippen LogP contribution in [0.3, 0.4) is 0 Å². The molecule has 0 saturated carbocycles. The van der Waals surface area contributed by atoms with E-state index in [1.807, 2.05) is 44.2 Å². The molecule has 0 radical (unpaired) electrons. The quantitative estimate of drug-likeness (QED) is 0.891. The highest BCUT2D eigenvalue weighted by atomic mass is 16.4. The van der Waals surface area contributed by atoms with E-state index >= 15 is 0 Å². The van der Waals surface area contributed by atoms with Crippen LogP contribution in [0.15, 0.2) is 40.8 Å². The van der Waals surface area contributed by atoms with Gasteiger partial charge in [-0.3, -0.25) is 9.59 Å². The molecule has 0 unspecified atom stereocenters. The van der Waals surface area contributed by atoms with Crippen molar-refractivity contribution in [2.75, 3.05) is 13.6 Å². The Bertz CT molecular complexity index is 662. The Morgan fingerprint density at radius 3 is 2.45 bits per heavy atom. The number of amides is 2. The maximum atomic E-state index is 12.2. The van der Waals surface area contributed by atoms with E-state index in [2.05, 4.69) is 10.6 Å². The summed E-state index contributed by atoms with van der Waals surface area (Å²) in [5.41, 5.74) is 1.42. The van der Waals surface area contributed by atoms with Crippen LogP contribution >= 0.6 is 0 Å². The lowest BCUT2D eigenvalue weighted by atomic mass is 9.96. The van der Waals surface area contributed by atoms with E-state index in [4.69, 9.17) is 4.42 Å². The second kappa shape index (κ2) is 6.93. The van der Waals surface area contributed by atoms with Crippen molar-refractivity contribution in [3.8, 4) is 0 Å². The largest absolute Gasteiger partial charge is 0.454 e. The van der Waals surface area contributed by atoms with Gasteiger partial charge in [0.25, 0.3) is 11.8 Å². The van der Waals surface area contributed by atoms with E-state index < -0.39 is 0 Å². The average Bonchev–Trinajstić information content (AvgIpc) is 2.99. The summed E-state index contributed by atoms with van der Waals surface area (Å²) in [5.74, 6) is -0.0780. The fourth-order valence-corrected chi connectivity index (χ4v) is 2.29. The highest BCUT2D eigenvalue weighted by Crippen LogP contribution is 2.29. The van der Waals surface area contributed by atoms with Gasteiger partial charge in [0.1, 0.15) is 5.76 Å². The first-order valence-electron chi connectivity index (χ1n) is 7.27. The van der Waals surface area contributed by atoms with Gasteiger partial charge in [-0.2, -0.15) is 0 Å². The monoisotopic (exact) mass is 300 g/mol. The van der Waals surface area contributed by atoms with Crippen LogP contribution in [0.2, 0.25) is 0 Å². The third-order valence-corrected chi connectivity index (χ3v) is 3.49. The molecule has 1 aromatic carbocycles. The van der Waals surface area contributed by atoms with Crippen LogP contribution in [0.4, 0.5) is 0 Å². The maximum Gasteiger partial charge on any atom is 0.286 e. The number of carbonyl (C=O) groups excluding carboxylic acids is 2. The Morgan fingerprint density at radius 1 is 1.18 bits per heavy atom. The molecule has 2 aromatic rings. The summed E-state index contributed by atoms with van der Waals surface area (Å²) >= 11 is 0. The summed E-state index contributed by atoms with van der Waals surface area (Å²) in [4.78, 5) is 24.0. The molecule has 0 bridgehead atoms. The summed E-state index contributed by atoms with van der Waals surface area (Å²) in [6.07, 6.45) is 0. The van der Waals surface area contributed by atoms with Crippen molar-refractivity contribution in [2.24, 2.45) is 0 Å². The lowest BCUT2D eigenvalue weighted by Gasteiger charge is -2.11. The molecule has 2 amide bonds. The number of rotatable bonds is 5. The standard InChI is InChI=1S/C17H20N2O3/c1-4-19-16(20)13-10-14(17(21)18-3)22-15(13)11(2)12-8-6-5-7-9-12/h5-11H,4H2,1-3H3,(H,18,21)(H,19,20)/t11-/m0/s1. The number of benzene rings is 1. The molecule has 0 aliphatic carbocycles. The topological polar surface area (TPSA) is 71.3 Å². The molecule has 0 aliphatic rings. The predicted octanol–water partition coefficient (Wildman–Crippen LogP) is 2.54. The number of furan rings is 1. The SMILES string of the molecule is CCNC(=O)c1cc(C(=O)NC)oc1[C@@H](C)c1ccccc1. The van der Waals surface area contributed by atoms with Crippen molar-refractivity contribution in [3.05, 3.63) is 59.0 Å². The van der Waals surface area contributed by atoms with Crippen LogP contribution in [0.5, 0.6) is 0 Å². The Hall–Kier alpha value is -2.56. The van der Waals surface area contributed by atoms with Crippen molar-refractivity contribution in [2.45, 2.75) is 19.8 Å². The zero-order valence-corrected chi connectivity index (χ0v) is 13.0. The van der Waals surface area contributed by atoms with E-state index in [1.54, 1.807) is 0 Å². The molecule has 0 spiro atoms. The molecule has 2 rings (SSSR count). The van der Waals surface area contributed by atoms with Gasteiger partial charge in [0.2, 0.25) is 0 Å². The third-order valence-electron chi connectivity index (χ3n) is 3.49. The molecular weight excluding hydrogens is 280 g/mol. The van der Waals surface area contributed by atoms with Gasteiger partial charge in [-0.25, -0.2) is 0 Å². The molecule has 2 N–H and O–H groups in total. The number of hydrogen-bond donors (Lipinski definition) is 2. The molecule has 22 heavy (non-hydrogen) atoms. The number of nitrogens with one attached hydrogen (secondary N) is 2. The van der Waals surface area contributed by atoms with Crippen molar-refractivity contribution in [1.29, 1.82) is 0 Å². The van der Waals surface area contributed by atoms with Crippen molar-refractivity contribution < 1.29 is 14.0 Å². The maximum absolute atomic E-state index is 12.2. The van der Waals surface area contributed by atoms with Gasteiger partial charge in [-0.1, -0.05) is 37.3 Å². The zero-order valence-electron chi connectivity index (χ0n) is 13.0. The molecule has 5 heteroatoms. The second-order valence-corrected chi connectivity index (χ2v) is 4.96. The van der Waals surface area contributed by atoms with E-state index in [1.165, 1.54) is 13.1 Å². The normalized spacial score (nSPS) is 11.8. The number of carbonyl (C=O) groups is 2. The minimum absolute atomic E-state index is 0.128. The van der Waals surface area contributed by atoms with Gasteiger partial charge >= 0.3 is 0 Å². The molecule has 1 heterocycles. The Labute approximate surface area is 129 Å². The van der Waals surface area contributed by atoms with Crippen LogP contribution in [0.25, 0.3) is 0 Å². The van der Waals surface area contributed by atoms with E-state index in [9.17, 15) is 9.59 Å². The fourth-order valence-electron chi connectivity index (χ4n) is 2.29. The first kappa shape index (κ1) is 15.8. The summed E-state index contributed by atoms with van der Waals surface area (Å²) < 4.78 is 5.68. The lowest BCUT2D eigenvalue weighted by Crippen LogP contribution is -2.23. The van der Waals surface area contributed by atoms with Crippen molar-refractivity contribution in [1.82, 2.24) is 10.6 Å². The average molecular weight is 300 g/mol. The molecular formula is C17H20N2O3. The van der Waals surface area contributed by atoms with Gasteiger partial charge in [-0.15, -0.1) is 0 Å². The lowest BCUT2D eigenvalue weighted by molar-refractivity contribution is 0.0929. The van der Waals surface area contributed by atoms with Crippen LogP contribution < -0.4 is 10.6 Å².